The fraction of sp³-hybridized carbons (Fsp3) is 0.444. The van der Waals surface area contributed by atoms with Crippen LogP contribution in [0.15, 0.2) is 45.7 Å². The molecule has 5 heterocycles. The highest BCUT2D eigenvalue weighted by atomic mass is 35.5. The predicted molar refractivity (Wildman–Crippen MR) is 143 cm³/mol. The zero-order chi connectivity index (χ0) is 26.2. The van der Waals surface area contributed by atoms with E-state index in [9.17, 15) is 9.59 Å². The summed E-state index contributed by atoms with van der Waals surface area (Å²) >= 11 is 6.44. The first-order valence-corrected chi connectivity index (χ1v) is 13.5. The van der Waals surface area contributed by atoms with Gasteiger partial charge in [0.1, 0.15) is 6.42 Å². The third-order valence-electron chi connectivity index (χ3n) is 7.80. The van der Waals surface area contributed by atoms with E-state index in [-0.39, 0.29) is 30.0 Å². The Morgan fingerprint density at radius 2 is 1.89 bits per heavy atom. The maximum absolute atomic E-state index is 13.0. The highest BCUT2D eigenvalue weighted by Gasteiger charge is 2.27. The topological polar surface area (TPSA) is 113 Å². The molecule has 11 heteroatoms. The number of carbonyl (C=O) groups is 1. The van der Waals surface area contributed by atoms with Crippen molar-refractivity contribution in [1.82, 2.24) is 34.5 Å². The van der Waals surface area contributed by atoms with Crippen LogP contribution in [0.25, 0.3) is 22.6 Å². The number of nitrogens with zero attached hydrogens (tertiary/aromatic N) is 6. The van der Waals surface area contributed by atoms with Gasteiger partial charge in [0.2, 0.25) is 17.7 Å². The lowest BCUT2D eigenvalue weighted by molar-refractivity contribution is -0.132. The number of hydrogen-bond donors (Lipinski definition) is 1. The number of aromatic amines is 1. The molecular weight excluding hydrogens is 506 g/mol. The Hall–Kier alpha value is -3.50. The van der Waals surface area contributed by atoms with Gasteiger partial charge in [-0.3, -0.25) is 14.3 Å². The third kappa shape index (κ3) is 4.98. The maximum atomic E-state index is 13.0. The SMILES string of the molecule is CN1CCC(c2cc(Cl)cc(-c3nnc(CC(=O)N4CCC(n5c(=O)[nH]c6ncccc65)CC4)o3)c2)CC1. The van der Waals surface area contributed by atoms with Gasteiger partial charge in [0.25, 0.3) is 0 Å². The number of pyridine rings is 1. The molecule has 3 aromatic heterocycles. The lowest BCUT2D eigenvalue weighted by Crippen LogP contribution is -2.41. The number of aromatic nitrogens is 5. The molecule has 2 saturated heterocycles. The Bertz CT molecular complexity index is 1510. The van der Waals surface area contributed by atoms with E-state index >= 15 is 0 Å². The quantitative estimate of drug-likeness (QED) is 0.415. The zero-order valence-electron chi connectivity index (χ0n) is 21.3. The molecule has 198 valence electrons. The standard InChI is InChI=1S/C27H30ClN7O3/c1-33-9-4-17(5-10-33)18-13-19(15-20(28)14-18)26-32-31-23(38-26)16-24(36)34-11-6-21(7-12-34)35-22-3-2-8-29-25(22)30-27(35)37/h2-3,8,13-15,17,21H,4-7,9-12,16H2,1H3,(H,29,30,37). The molecular formula is C27H30ClN7O3. The minimum atomic E-state index is -0.165. The summed E-state index contributed by atoms with van der Waals surface area (Å²) in [6, 6.07) is 9.65. The number of hydrogen-bond acceptors (Lipinski definition) is 7. The van der Waals surface area contributed by atoms with E-state index in [0.717, 1.165) is 37.0 Å². The van der Waals surface area contributed by atoms with Crippen LogP contribution in [0.3, 0.4) is 0 Å². The molecule has 0 unspecified atom stereocenters. The lowest BCUT2D eigenvalue weighted by atomic mass is 9.89. The first-order valence-electron chi connectivity index (χ1n) is 13.1. The van der Waals surface area contributed by atoms with Crippen molar-refractivity contribution in [2.24, 2.45) is 0 Å². The molecule has 0 saturated carbocycles. The molecule has 0 aliphatic carbocycles. The Balaban J connectivity index is 1.10. The number of likely N-dealkylation sites (tertiary alicyclic amines) is 2. The molecule has 2 aliphatic rings. The van der Waals surface area contributed by atoms with Crippen molar-refractivity contribution in [1.29, 1.82) is 0 Å². The van der Waals surface area contributed by atoms with Crippen molar-refractivity contribution < 1.29 is 9.21 Å². The number of nitrogens with one attached hydrogen (secondary N) is 1. The molecule has 4 aromatic rings. The summed E-state index contributed by atoms with van der Waals surface area (Å²) < 4.78 is 7.66. The number of benzene rings is 1. The monoisotopic (exact) mass is 535 g/mol. The molecule has 1 amide bonds. The van der Waals surface area contributed by atoms with Gasteiger partial charge >= 0.3 is 5.69 Å². The second kappa shape index (κ2) is 10.3. The van der Waals surface area contributed by atoms with E-state index < -0.39 is 0 Å². The number of piperidine rings is 2. The second-order valence-electron chi connectivity index (χ2n) is 10.3. The normalized spacial score (nSPS) is 17.9. The van der Waals surface area contributed by atoms with Gasteiger partial charge in [-0.1, -0.05) is 11.6 Å². The Kier molecular flexibility index (Phi) is 6.75. The molecule has 2 aliphatic heterocycles. The van der Waals surface area contributed by atoms with E-state index in [0.29, 0.717) is 48.4 Å². The highest BCUT2D eigenvalue weighted by molar-refractivity contribution is 6.30. The van der Waals surface area contributed by atoms with Gasteiger partial charge in [-0.2, -0.15) is 0 Å². The van der Waals surface area contributed by atoms with Crippen LogP contribution in [-0.4, -0.2) is 73.7 Å². The average Bonchev–Trinajstić information content (AvgIpc) is 3.52. The van der Waals surface area contributed by atoms with Gasteiger partial charge in [0.15, 0.2) is 5.65 Å². The van der Waals surface area contributed by atoms with Crippen molar-refractivity contribution in [3.8, 4) is 11.5 Å². The second-order valence-corrected chi connectivity index (χ2v) is 10.7. The van der Waals surface area contributed by atoms with Gasteiger partial charge in [-0.25, -0.2) is 9.78 Å². The highest BCUT2D eigenvalue weighted by Crippen LogP contribution is 2.33. The Labute approximate surface area is 224 Å². The van der Waals surface area contributed by atoms with Crippen LogP contribution in [0.1, 0.15) is 49.1 Å². The van der Waals surface area contributed by atoms with Crippen LogP contribution in [-0.2, 0) is 11.2 Å². The van der Waals surface area contributed by atoms with Gasteiger partial charge in [-0.15, -0.1) is 10.2 Å². The van der Waals surface area contributed by atoms with Crippen molar-refractivity contribution in [3.05, 3.63) is 63.5 Å². The summed E-state index contributed by atoms with van der Waals surface area (Å²) in [5.41, 5.74) is 3.17. The molecule has 0 atom stereocenters. The van der Waals surface area contributed by atoms with Crippen LogP contribution < -0.4 is 5.69 Å². The molecule has 2 fully saturated rings. The molecule has 0 bridgehead atoms. The summed E-state index contributed by atoms with van der Waals surface area (Å²) in [7, 11) is 2.14. The van der Waals surface area contributed by atoms with Crippen LogP contribution in [0.4, 0.5) is 0 Å². The minimum Gasteiger partial charge on any atom is -0.420 e. The Morgan fingerprint density at radius 3 is 2.68 bits per heavy atom. The lowest BCUT2D eigenvalue weighted by Gasteiger charge is -2.32. The number of imidazole rings is 1. The van der Waals surface area contributed by atoms with Gasteiger partial charge in [-0.05, 0) is 87.6 Å². The number of H-pyrrole nitrogens is 1. The molecule has 1 aromatic carbocycles. The van der Waals surface area contributed by atoms with Crippen LogP contribution >= 0.6 is 11.6 Å². The minimum absolute atomic E-state index is 0.0149. The van der Waals surface area contributed by atoms with Crippen LogP contribution in [0, 0.1) is 0 Å². The smallest absolute Gasteiger partial charge is 0.327 e. The van der Waals surface area contributed by atoms with Crippen LogP contribution in [0.5, 0.6) is 0 Å². The number of amides is 1. The number of rotatable bonds is 5. The number of carbonyl (C=O) groups excluding carboxylic acids is 1. The fourth-order valence-corrected chi connectivity index (χ4v) is 5.93. The number of fused-ring (bicyclic) bond motifs is 1. The largest absolute Gasteiger partial charge is 0.420 e. The Morgan fingerprint density at radius 1 is 1.11 bits per heavy atom. The average molecular weight is 536 g/mol. The van der Waals surface area contributed by atoms with Crippen LogP contribution in [0.2, 0.25) is 5.02 Å². The fourth-order valence-electron chi connectivity index (χ4n) is 5.69. The van der Waals surface area contributed by atoms with Gasteiger partial charge < -0.3 is 14.2 Å². The van der Waals surface area contributed by atoms with E-state index in [1.54, 1.807) is 15.7 Å². The summed E-state index contributed by atoms with van der Waals surface area (Å²) in [6.07, 6.45) is 5.24. The van der Waals surface area contributed by atoms with Crippen molar-refractivity contribution in [2.75, 3.05) is 33.2 Å². The molecule has 0 radical (unpaired) electrons. The predicted octanol–water partition coefficient (Wildman–Crippen LogP) is 3.64. The van der Waals surface area contributed by atoms with E-state index in [1.165, 1.54) is 5.56 Å². The molecule has 38 heavy (non-hydrogen) atoms. The maximum Gasteiger partial charge on any atom is 0.327 e. The van der Waals surface area contributed by atoms with Crippen molar-refractivity contribution >= 4 is 28.7 Å². The molecule has 0 spiro atoms. The molecule has 10 nitrogen and oxygen atoms in total. The molecule has 6 rings (SSSR count). The number of halogens is 1. The van der Waals surface area contributed by atoms with Crippen molar-refractivity contribution in [2.45, 2.75) is 44.1 Å². The summed E-state index contributed by atoms with van der Waals surface area (Å²) in [5, 5.41) is 8.99. The summed E-state index contributed by atoms with van der Waals surface area (Å²) in [5.74, 6) is 1.04. The van der Waals surface area contributed by atoms with E-state index in [2.05, 4.69) is 38.2 Å². The van der Waals surface area contributed by atoms with E-state index in [4.69, 9.17) is 16.0 Å². The summed E-state index contributed by atoms with van der Waals surface area (Å²) in [4.78, 5) is 36.7. The first-order chi connectivity index (χ1) is 18.4. The first kappa shape index (κ1) is 24.8. The van der Waals surface area contributed by atoms with Crippen molar-refractivity contribution in [3.63, 3.8) is 0 Å². The summed E-state index contributed by atoms with van der Waals surface area (Å²) in [6.45, 7) is 3.23. The van der Waals surface area contributed by atoms with Gasteiger partial charge in [0.05, 0.1) is 5.52 Å². The third-order valence-corrected chi connectivity index (χ3v) is 8.02. The van der Waals surface area contributed by atoms with E-state index in [1.807, 2.05) is 24.3 Å². The zero-order valence-corrected chi connectivity index (χ0v) is 22.0. The van der Waals surface area contributed by atoms with Gasteiger partial charge in [0, 0.05) is 35.9 Å². The molecule has 1 N–H and O–H groups in total.